The summed E-state index contributed by atoms with van der Waals surface area (Å²) in [7, 11) is 0. The van der Waals surface area contributed by atoms with Gasteiger partial charge in [0, 0.05) is 12.7 Å². The summed E-state index contributed by atoms with van der Waals surface area (Å²) in [5, 5.41) is 4.27. The first-order valence-corrected chi connectivity index (χ1v) is 6.71. The molecule has 0 unspecified atom stereocenters. The first-order valence-electron chi connectivity index (χ1n) is 5.90. The van der Waals surface area contributed by atoms with E-state index < -0.39 is 0 Å². The normalized spacial score (nSPS) is 11.8. The zero-order valence-corrected chi connectivity index (χ0v) is 11.5. The zero-order chi connectivity index (χ0) is 12.0. The van der Waals surface area contributed by atoms with Crippen LogP contribution in [0.4, 0.5) is 5.13 Å². The topological polar surface area (TPSA) is 34.2 Å². The van der Waals surface area contributed by atoms with Gasteiger partial charge in [-0.2, -0.15) is 0 Å². The first kappa shape index (κ1) is 13.5. The van der Waals surface area contributed by atoms with Gasteiger partial charge in [0.1, 0.15) is 0 Å². The smallest absolute Gasteiger partial charge is 0.182 e. The van der Waals surface area contributed by atoms with Gasteiger partial charge in [-0.3, -0.25) is 0 Å². The number of ether oxygens (including phenoxy) is 1. The number of hydrogen-bond acceptors (Lipinski definition) is 4. The maximum Gasteiger partial charge on any atom is 0.182 e. The van der Waals surface area contributed by atoms with E-state index in [1.165, 1.54) is 4.88 Å². The van der Waals surface area contributed by atoms with Gasteiger partial charge >= 0.3 is 0 Å². The monoisotopic (exact) mass is 242 g/mol. The van der Waals surface area contributed by atoms with Crippen LogP contribution in [0.5, 0.6) is 0 Å². The Kier molecular flexibility index (Phi) is 5.22. The van der Waals surface area contributed by atoms with Crippen LogP contribution in [0.25, 0.3) is 0 Å². The van der Waals surface area contributed by atoms with E-state index in [4.69, 9.17) is 4.74 Å². The number of hydrogen-bond donors (Lipinski definition) is 1. The lowest BCUT2D eigenvalue weighted by molar-refractivity contribution is -0.0304. The second-order valence-electron chi connectivity index (χ2n) is 4.46. The number of aromatic nitrogens is 1. The van der Waals surface area contributed by atoms with Crippen molar-refractivity contribution in [1.82, 2.24) is 4.98 Å². The molecule has 1 aromatic heterocycles. The maximum atomic E-state index is 5.83. The van der Waals surface area contributed by atoms with Crippen LogP contribution in [-0.4, -0.2) is 17.1 Å². The van der Waals surface area contributed by atoms with Gasteiger partial charge in [-0.25, -0.2) is 4.98 Å². The molecule has 0 aliphatic carbocycles. The van der Waals surface area contributed by atoms with Crippen molar-refractivity contribution in [3.05, 3.63) is 11.1 Å². The van der Waals surface area contributed by atoms with Crippen molar-refractivity contribution in [3.8, 4) is 0 Å². The third kappa shape index (κ3) is 4.49. The third-order valence-electron chi connectivity index (χ3n) is 2.54. The Balaban J connectivity index is 2.40. The molecular formula is C12H22N2OS. The Bertz CT molecular complexity index is 310. The molecule has 0 atom stereocenters. The number of anilines is 1. The highest BCUT2D eigenvalue weighted by Crippen LogP contribution is 2.22. The van der Waals surface area contributed by atoms with E-state index in [2.05, 4.69) is 38.0 Å². The van der Waals surface area contributed by atoms with Crippen molar-refractivity contribution in [2.45, 2.75) is 52.7 Å². The van der Waals surface area contributed by atoms with Crippen LogP contribution >= 0.6 is 11.3 Å². The van der Waals surface area contributed by atoms with E-state index in [0.29, 0.717) is 6.61 Å². The number of nitrogens with zero attached hydrogens (tertiary/aromatic N) is 1. The lowest BCUT2D eigenvalue weighted by Gasteiger charge is -2.22. The van der Waals surface area contributed by atoms with Crippen LogP contribution in [-0.2, 0) is 11.3 Å². The van der Waals surface area contributed by atoms with Gasteiger partial charge in [0.25, 0.3) is 0 Å². The molecule has 16 heavy (non-hydrogen) atoms. The SMILES string of the molecule is CCCNc1ncc(COC(C)(C)CC)s1. The number of rotatable bonds is 7. The minimum Gasteiger partial charge on any atom is -0.370 e. The molecular weight excluding hydrogens is 220 g/mol. The second-order valence-corrected chi connectivity index (χ2v) is 5.58. The van der Waals surface area contributed by atoms with Crippen LogP contribution in [0.1, 0.15) is 45.4 Å². The number of thiazole rings is 1. The summed E-state index contributed by atoms with van der Waals surface area (Å²) in [6.45, 7) is 10.2. The lowest BCUT2D eigenvalue weighted by atomic mass is 10.1. The second kappa shape index (κ2) is 6.21. The van der Waals surface area contributed by atoms with Crippen LogP contribution in [0.2, 0.25) is 0 Å². The highest BCUT2D eigenvalue weighted by Gasteiger charge is 2.15. The molecule has 0 spiro atoms. The summed E-state index contributed by atoms with van der Waals surface area (Å²) in [5.41, 5.74) is -0.0407. The molecule has 0 amide bonds. The van der Waals surface area contributed by atoms with Crippen molar-refractivity contribution in [1.29, 1.82) is 0 Å². The molecule has 3 nitrogen and oxygen atoms in total. The summed E-state index contributed by atoms with van der Waals surface area (Å²) in [4.78, 5) is 5.49. The average Bonchev–Trinajstić information content (AvgIpc) is 2.72. The Hall–Kier alpha value is -0.610. The van der Waals surface area contributed by atoms with Gasteiger partial charge in [-0.1, -0.05) is 25.2 Å². The van der Waals surface area contributed by atoms with Gasteiger partial charge in [0.2, 0.25) is 0 Å². The van der Waals surface area contributed by atoms with E-state index in [1.54, 1.807) is 11.3 Å². The quantitative estimate of drug-likeness (QED) is 0.792. The largest absolute Gasteiger partial charge is 0.370 e. The van der Waals surface area contributed by atoms with Crippen LogP contribution in [0, 0.1) is 0 Å². The summed E-state index contributed by atoms with van der Waals surface area (Å²) in [6, 6.07) is 0. The van der Waals surface area contributed by atoms with Gasteiger partial charge < -0.3 is 10.1 Å². The molecule has 0 radical (unpaired) electrons. The van der Waals surface area contributed by atoms with Gasteiger partial charge in [0.15, 0.2) is 5.13 Å². The maximum absolute atomic E-state index is 5.83. The minimum atomic E-state index is -0.0407. The predicted molar refractivity (Wildman–Crippen MR) is 70.1 cm³/mol. The van der Waals surface area contributed by atoms with Crippen molar-refractivity contribution < 1.29 is 4.74 Å². The summed E-state index contributed by atoms with van der Waals surface area (Å²) >= 11 is 1.68. The van der Waals surface area contributed by atoms with E-state index in [-0.39, 0.29) is 5.60 Å². The molecule has 0 fully saturated rings. The standard InChI is InChI=1S/C12H22N2OS/c1-5-7-13-11-14-8-10(16-11)9-15-12(3,4)6-2/h8H,5-7,9H2,1-4H3,(H,13,14). The highest BCUT2D eigenvalue weighted by atomic mass is 32.1. The molecule has 1 rings (SSSR count). The Morgan fingerprint density at radius 2 is 2.19 bits per heavy atom. The minimum absolute atomic E-state index is 0.0407. The van der Waals surface area contributed by atoms with Gasteiger partial charge in [-0.05, 0) is 26.7 Å². The lowest BCUT2D eigenvalue weighted by Crippen LogP contribution is -2.22. The Morgan fingerprint density at radius 1 is 1.44 bits per heavy atom. The molecule has 0 bridgehead atoms. The molecule has 1 N–H and O–H groups in total. The van der Waals surface area contributed by atoms with E-state index in [0.717, 1.165) is 24.5 Å². The molecule has 0 saturated carbocycles. The summed E-state index contributed by atoms with van der Waals surface area (Å²) < 4.78 is 5.83. The molecule has 0 aliphatic rings. The van der Waals surface area contributed by atoms with Crippen molar-refractivity contribution in [2.24, 2.45) is 0 Å². The van der Waals surface area contributed by atoms with Crippen LogP contribution in [0.15, 0.2) is 6.20 Å². The highest BCUT2D eigenvalue weighted by molar-refractivity contribution is 7.15. The molecule has 1 aromatic rings. The van der Waals surface area contributed by atoms with Crippen LogP contribution < -0.4 is 5.32 Å². The molecule has 4 heteroatoms. The Labute approximate surface area is 102 Å². The molecule has 92 valence electrons. The summed E-state index contributed by atoms with van der Waals surface area (Å²) in [5.74, 6) is 0. The predicted octanol–water partition coefficient (Wildman–Crippen LogP) is 3.67. The fourth-order valence-electron chi connectivity index (χ4n) is 1.06. The van der Waals surface area contributed by atoms with Crippen LogP contribution in [0.3, 0.4) is 0 Å². The third-order valence-corrected chi connectivity index (χ3v) is 3.46. The van der Waals surface area contributed by atoms with Crippen molar-refractivity contribution in [2.75, 3.05) is 11.9 Å². The molecule has 0 saturated heterocycles. The molecule has 1 heterocycles. The molecule has 0 aromatic carbocycles. The number of nitrogens with one attached hydrogen (secondary N) is 1. The first-order chi connectivity index (χ1) is 7.57. The fourth-order valence-corrected chi connectivity index (χ4v) is 1.81. The van der Waals surface area contributed by atoms with E-state index in [9.17, 15) is 0 Å². The van der Waals surface area contributed by atoms with Gasteiger partial charge in [-0.15, -0.1) is 0 Å². The fraction of sp³-hybridized carbons (Fsp3) is 0.750. The van der Waals surface area contributed by atoms with Crippen molar-refractivity contribution >= 4 is 16.5 Å². The van der Waals surface area contributed by atoms with E-state index >= 15 is 0 Å². The average molecular weight is 242 g/mol. The summed E-state index contributed by atoms with van der Waals surface area (Å²) in [6.07, 6.45) is 4.04. The Morgan fingerprint density at radius 3 is 2.81 bits per heavy atom. The molecule has 0 aliphatic heterocycles. The van der Waals surface area contributed by atoms with E-state index in [1.807, 2.05) is 6.20 Å². The zero-order valence-electron chi connectivity index (χ0n) is 10.7. The van der Waals surface area contributed by atoms with Crippen molar-refractivity contribution in [3.63, 3.8) is 0 Å². The van der Waals surface area contributed by atoms with Gasteiger partial charge in [0.05, 0.1) is 17.1 Å².